The molecule has 0 bridgehead atoms. The molecule has 0 atom stereocenters. The molecule has 0 spiro atoms. The first-order valence-electron chi connectivity index (χ1n) is 7.63. The summed E-state index contributed by atoms with van der Waals surface area (Å²) in [5.74, 6) is -0.446. The Morgan fingerprint density at radius 3 is 2.92 bits per heavy atom. The highest BCUT2D eigenvalue weighted by Gasteiger charge is 2.25. The molecule has 2 aromatic rings. The van der Waals surface area contributed by atoms with Crippen LogP contribution in [0.2, 0.25) is 0 Å². The number of para-hydroxylation sites is 2. The molecule has 0 saturated carbocycles. The maximum Gasteiger partial charge on any atom is 0.244 e. The summed E-state index contributed by atoms with van der Waals surface area (Å²) in [5, 5.41) is 2.66. The van der Waals surface area contributed by atoms with Gasteiger partial charge >= 0.3 is 0 Å². The predicted octanol–water partition coefficient (Wildman–Crippen LogP) is 2.89. The average molecular weight is 328 g/mol. The van der Waals surface area contributed by atoms with Gasteiger partial charge in [-0.25, -0.2) is 4.39 Å². The minimum Gasteiger partial charge on any atom is -0.491 e. The Morgan fingerprint density at radius 1 is 1.29 bits per heavy atom. The van der Waals surface area contributed by atoms with Crippen molar-refractivity contribution in [2.24, 2.45) is 0 Å². The van der Waals surface area contributed by atoms with Gasteiger partial charge in [0.25, 0.3) is 0 Å². The number of carbonyl (C=O) groups excluding carboxylic acids is 2. The van der Waals surface area contributed by atoms with Crippen LogP contribution in [-0.2, 0) is 9.59 Å². The van der Waals surface area contributed by atoms with E-state index in [1.807, 2.05) is 6.07 Å². The van der Waals surface area contributed by atoms with Crippen LogP contribution in [0.4, 0.5) is 15.8 Å². The quantitative estimate of drug-likeness (QED) is 0.942. The number of aryl methyl sites for hydroxylation is 1. The Bertz CT molecular complexity index is 792. The van der Waals surface area contributed by atoms with Crippen LogP contribution < -0.4 is 15.0 Å². The summed E-state index contributed by atoms with van der Waals surface area (Å²) in [6.45, 7) is 1.89. The van der Waals surface area contributed by atoms with E-state index in [4.69, 9.17) is 4.74 Å². The molecular weight excluding hydrogens is 311 g/mol. The van der Waals surface area contributed by atoms with Gasteiger partial charge in [-0.05, 0) is 36.8 Å². The Balaban J connectivity index is 1.80. The first kappa shape index (κ1) is 16.0. The second kappa shape index (κ2) is 6.70. The topological polar surface area (TPSA) is 58.6 Å². The van der Waals surface area contributed by atoms with Crippen molar-refractivity contribution in [1.29, 1.82) is 0 Å². The van der Waals surface area contributed by atoms with Crippen molar-refractivity contribution in [1.82, 2.24) is 0 Å². The third-order valence-corrected chi connectivity index (χ3v) is 3.81. The van der Waals surface area contributed by atoms with Crippen molar-refractivity contribution in [2.75, 3.05) is 23.4 Å². The van der Waals surface area contributed by atoms with E-state index < -0.39 is 11.7 Å². The largest absolute Gasteiger partial charge is 0.491 e. The fourth-order valence-corrected chi connectivity index (χ4v) is 2.56. The van der Waals surface area contributed by atoms with E-state index >= 15 is 0 Å². The van der Waals surface area contributed by atoms with Gasteiger partial charge in [0.1, 0.15) is 18.1 Å². The number of halogens is 1. The second-order valence-electron chi connectivity index (χ2n) is 5.55. The van der Waals surface area contributed by atoms with Crippen molar-refractivity contribution in [3.63, 3.8) is 0 Å². The van der Waals surface area contributed by atoms with E-state index in [1.54, 1.807) is 31.2 Å². The number of ether oxygens (including phenoxy) is 1. The van der Waals surface area contributed by atoms with Gasteiger partial charge in [0.05, 0.1) is 18.7 Å². The molecule has 0 unspecified atom stereocenters. The summed E-state index contributed by atoms with van der Waals surface area (Å²) in [6.07, 6.45) is 0.195. The number of hydrogen-bond acceptors (Lipinski definition) is 3. The van der Waals surface area contributed by atoms with Gasteiger partial charge in [-0.15, -0.1) is 0 Å². The number of benzene rings is 2. The molecule has 1 aliphatic rings. The molecule has 6 heteroatoms. The van der Waals surface area contributed by atoms with E-state index in [2.05, 4.69) is 5.32 Å². The number of nitrogens with zero attached hydrogens (tertiary/aromatic N) is 1. The van der Waals surface area contributed by atoms with Gasteiger partial charge in [0.15, 0.2) is 0 Å². The highest BCUT2D eigenvalue weighted by molar-refractivity contribution is 6.03. The van der Waals surface area contributed by atoms with Gasteiger partial charge in [-0.2, -0.15) is 0 Å². The maximum atomic E-state index is 13.3. The molecule has 0 fully saturated rings. The SMILES string of the molecule is Cc1ccc(F)cc1NC(=O)CN1C(=O)CCOc2ccccc21. The lowest BCUT2D eigenvalue weighted by atomic mass is 10.2. The van der Waals surface area contributed by atoms with Crippen molar-refractivity contribution in [3.8, 4) is 5.75 Å². The van der Waals surface area contributed by atoms with E-state index in [9.17, 15) is 14.0 Å². The van der Waals surface area contributed by atoms with Gasteiger partial charge in [0, 0.05) is 5.69 Å². The van der Waals surface area contributed by atoms with Crippen LogP contribution >= 0.6 is 0 Å². The van der Waals surface area contributed by atoms with Crippen LogP contribution in [-0.4, -0.2) is 25.0 Å². The number of fused-ring (bicyclic) bond motifs is 1. The Labute approximate surface area is 139 Å². The monoisotopic (exact) mass is 328 g/mol. The van der Waals surface area contributed by atoms with Gasteiger partial charge < -0.3 is 10.1 Å². The van der Waals surface area contributed by atoms with Crippen LogP contribution in [0.1, 0.15) is 12.0 Å². The molecule has 5 nitrogen and oxygen atoms in total. The minimum absolute atomic E-state index is 0.158. The number of carbonyl (C=O) groups is 2. The molecule has 0 radical (unpaired) electrons. The molecule has 24 heavy (non-hydrogen) atoms. The van der Waals surface area contributed by atoms with Crippen LogP contribution in [0.3, 0.4) is 0 Å². The van der Waals surface area contributed by atoms with E-state index in [-0.39, 0.29) is 25.5 Å². The minimum atomic E-state index is -0.430. The number of hydrogen-bond donors (Lipinski definition) is 1. The summed E-state index contributed by atoms with van der Waals surface area (Å²) in [6, 6.07) is 11.3. The smallest absolute Gasteiger partial charge is 0.244 e. The Kier molecular flexibility index (Phi) is 4.46. The molecule has 0 aliphatic carbocycles. The zero-order chi connectivity index (χ0) is 17.1. The molecule has 1 heterocycles. The van der Waals surface area contributed by atoms with Crippen LogP contribution in [0, 0.1) is 12.7 Å². The van der Waals surface area contributed by atoms with Crippen LogP contribution in [0.25, 0.3) is 0 Å². The molecular formula is C18H17FN2O3. The highest BCUT2D eigenvalue weighted by atomic mass is 19.1. The fraction of sp³-hybridized carbons (Fsp3) is 0.222. The van der Waals surface area contributed by atoms with Crippen LogP contribution in [0.5, 0.6) is 5.75 Å². The van der Waals surface area contributed by atoms with Gasteiger partial charge in [-0.3, -0.25) is 14.5 Å². The molecule has 0 saturated heterocycles. The first-order valence-corrected chi connectivity index (χ1v) is 7.63. The van der Waals surface area contributed by atoms with Crippen molar-refractivity contribution < 1.29 is 18.7 Å². The number of anilines is 2. The second-order valence-corrected chi connectivity index (χ2v) is 5.55. The lowest BCUT2D eigenvalue weighted by Gasteiger charge is -2.21. The van der Waals surface area contributed by atoms with Crippen LogP contribution in [0.15, 0.2) is 42.5 Å². The Morgan fingerprint density at radius 2 is 2.08 bits per heavy atom. The van der Waals surface area contributed by atoms with E-state index in [0.29, 0.717) is 17.1 Å². The summed E-state index contributed by atoms with van der Waals surface area (Å²) in [4.78, 5) is 26.0. The maximum absolute atomic E-state index is 13.3. The van der Waals surface area contributed by atoms with Crippen molar-refractivity contribution >= 4 is 23.2 Å². The molecule has 124 valence electrons. The van der Waals surface area contributed by atoms with E-state index in [0.717, 1.165) is 5.56 Å². The molecule has 1 aliphatic heterocycles. The fourth-order valence-electron chi connectivity index (χ4n) is 2.56. The average Bonchev–Trinajstić information content (AvgIpc) is 2.71. The lowest BCUT2D eigenvalue weighted by Crippen LogP contribution is -2.37. The Hall–Kier alpha value is -2.89. The van der Waals surface area contributed by atoms with E-state index in [1.165, 1.54) is 17.0 Å². The summed E-state index contributed by atoms with van der Waals surface area (Å²) < 4.78 is 18.9. The van der Waals surface area contributed by atoms with Crippen molar-refractivity contribution in [2.45, 2.75) is 13.3 Å². The number of amides is 2. The third-order valence-electron chi connectivity index (χ3n) is 3.81. The molecule has 0 aromatic heterocycles. The predicted molar refractivity (Wildman–Crippen MR) is 88.7 cm³/mol. The zero-order valence-electron chi connectivity index (χ0n) is 13.2. The highest BCUT2D eigenvalue weighted by Crippen LogP contribution is 2.30. The van der Waals surface area contributed by atoms with Crippen molar-refractivity contribution in [3.05, 3.63) is 53.8 Å². The standard InChI is InChI=1S/C18H17FN2O3/c1-12-6-7-13(19)10-14(12)20-17(22)11-21-15-4-2-3-5-16(15)24-9-8-18(21)23/h2-7,10H,8-9,11H2,1H3,(H,20,22). The lowest BCUT2D eigenvalue weighted by molar-refractivity contribution is -0.121. The summed E-state index contributed by atoms with van der Waals surface area (Å²) in [7, 11) is 0. The zero-order valence-corrected chi connectivity index (χ0v) is 13.2. The number of nitrogens with one attached hydrogen (secondary N) is 1. The summed E-state index contributed by atoms with van der Waals surface area (Å²) in [5.41, 5.74) is 1.70. The van der Waals surface area contributed by atoms with Gasteiger partial charge in [-0.1, -0.05) is 18.2 Å². The third kappa shape index (κ3) is 3.37. The molecule has 1 N–H and O–H groups in total. The van der Waals surface area contributed by atoms with Gasteiger partial charge in [0.2, 0.25) is 11.8 Å². The summed E-state index contributed by atoms with van der Waals surface area (Å²) >= 11 is 0. The molecule has 2 aromatic carbocycles. The molecule has 2 amide bonds. The first-order chi connectivity index (χ1) is 11.5. The number of rotatable bonds is 3. The normalized spacial score (nSPS) is 13.8. The molecule has 3 rings (SSSR count).